The van der Waals surface area contributed by atoms with Crippen molar-refractivity contribution in [2.24, 2.45) is 0 Å². The van der Waals surface area contributed by atoms with E-state index in [1.165, 1.54) is 43.5 Å². The quantitative estimate of drug-likeness (QED) is 0.935. The van der Waals surface area contributed by atoms with Gasteiger partial charge in [0, 0.05) is 36.4 Å². The summed E-state index contributed by atoms with van der Waals surface area (Å²) in [5, 5.41) is 11.4. The first-order chi connectivity index (χ1) is 10.3. The minimum atomic E-state index is 0.544. The number of nitrogens with zero attached hydrogens (tertiary/aromatic N) is 3. The minimum Gasteiger partial charge on any atom is -0.423 e. The van der Waals surface area contributed by atoms with E-state index in [0.717, 1.165) is 18.2 Å². The van der Waals surface area contributed by atoms with E-state index in [-0.39, 0.29) is 0 Å². The number of anilines is 1. The average Bonchev–Trinajstić information content (AvgIpc) is 3.01. The van der Waals surface area contributed by atoms with Crippen molar-refractivity contribution in [3.05, 3.63) is 30.2 Å². The van der Waals surface area contributed by atoms with Gasteiger partial charge in [-0.2, -0.15) is 0 Å². The Labute approximate surface area is 124 Å². The Kier molecular flexibility index (Phi) is 3.15. The molecule has 1 aromatic heterocycles. The molecule has 4 rings (SSSR count). The van der Waals surface area contributed by atoms with Crippen LogP contribution in [-0.4, -0.2) is 40.3 Å². The Morgan fingerprint density at radius 3 is 2.95 bits per heavy atom. The second-order valence-corrected chi connectivity index (χ2v) is 6.13. The predicted octanol–water partition coefficient (Wildman–Crippen LogP) is 2.69. The molecule has 2 fully saturated rings. The van der Waals surface area contributed by atoms with Gasteiger partial charge in [-0.05, 0) is 43.9 Å². The molecular weight excluding hydrogens is 264 g/mol. The fraction of sp³-hybridized carbons (Fsp3) is 0.500. The van der Waals surface area contributed by atoms with Crippen LogP contribution in [0.15, 0.2) is 29.0 Å². The lowest BCUT2D eigenvalue weighted by Gasteiger charge is -2.18. The van der Waals surface area contributed by atoms with E-state index >= 15 is 0 Å². The monoisotopic (exact) mass is 284 g/mol. The van der Waals surface area contributed by atoms with Crippen molar-refractivity contribution in [3.63, 3.8) is 0 Å². The Balaban J connectivity index is 1.50. The van der Waals surface area contributed by atoms with E-state index in [1.54, 1.807) is 0 Å². The highest BCUT2D eigenvalue weighted by molar-refractivity contribution is 5.64. The maximum Gasteiger partial charge on any atom is 0.247 e. The van der Waals surface area contributed by atoms with Crippen LogP contribution in [0.4, 0.5) is 5.69 Å². The molecule has 2 heterocycles. The van der Waals surface area contributed by atoms with Gasteiger partial charge in [0.05, 0.1) is 0 Å². The third kappa shape index (κ3) is 2.65. The SMILES string of the molecule is Cc1ccc(-c2nnco2)cc1NC1CCN(C2CC2)C1. The van der Waals surface area contributed by atoms with E-state index < -0.39 is 0 Å². The minimum absolute atomic E-state index is 0.544. The Morgan fingerprint density at radius 2 is 2.19 bits per heavy atom. The van der Waals surface area contributed by atoms with Gasteiger partial charge in [0.15, 0.2) is 0 Å². The maximum absolute atomic E-state index is 5.28. The summed E-state index contributed by atoms with van der Waals surface area (Å²) < 4.78 is 5.28. The topological polar surface area (TPSA) is 54.2 Å². The van der Waals surface area contributed by atoms with Crippen molar-refractivity contribution >= 4 is 5.69 Å². The number of hydrogen-bond donors (Lipinski definition) is 1. The lowest BCUT2D eigenvalue weighted by atomic mass is 10.1. The summed E-state index contributed by atoms with van der Waals surface area (Å²) in [6.45, 7) is 4.52. The lowest BCUT2D eigenvalue weighted by Crippen LogP contribution is -2.27. The van der Waals surface area contributed by atoms with Crippen molar-refractivity contribution in [2.45, 2.75) is 38.3 Å². The van der Waals surface area contributed by atoms with Gasteiger partial charge in [-0.25, -0.2) is 0 Å². The van der Waals surface area contributed by atoms with Gasteiger partial charge in [-0.3, -0.25) is 4.90 Å². The number of likely N-dealkylation sites (tertiary alicyclic amines) is 1. The summed E-state index contributed by atoms with van der Waals surface area (Å²) in [7, 11) is 0. The Morgan fingerprint density at radius 1 is 1.29 bits per heavy atom. The fourth-order valence-electron chi connectivity index (χ4n) is 3.11. The summed E-state index contributed by atoms with van der Waals surface area (Å²) in [6, 6.07) is 7.65. The van der Waals surface area contributed by atoms with E-state index in [0.29, 0.717) is 11.9 Å². The van der Waals surface area contributed by atoms with Crippen molar-refractivity contribution in [2.75, 3.05) is 18.4 Å². The van der Waals surface area contributed by atoms with Gasteiger partial charge in [-0.1, -0.05) is 6.07 Å². The summed E-state index contributed by atoms with van der Waals surface area (Å²) >= 11 is 0. The molecule has 0 spiro atoms. The number of aromatic nitrogens is 2. The zero-order valence-corrected chi connectivity index (χ0v) is 12.2. The molecule has 1 N–H and O–H groups in total. The van der Waals surface area contributed by atoms with Crippen LogP contribution in [0.25, 0.3) is 11.5 Å². The molecule has 0 bridgehead atoms. The van der Waals surface area contributed by atoms with Gasteiger partial charge in [0.2, 0.25) is 12.3 Å². The first-order valence-electron chi connectivity index (χ1n) is 7.67. The van der Waals surface area contributed by atoms with Gasteiger partial charge in [0.1, 0.15) is 0 Å². The van der Waals surface area contributed by atoms with Crippen LogP contribution in [0.3, 0.4) is 0 Å². The van der Waals surface area contributed by atoms with E-state index in [1.807, 2.05) is 6.07 Å². The second-order valence-electron chi connectivity index (χ2n) is 6.13. The molecule has 1 unspecified atom stereocenters. The first-order valence-corrected chi connectivity index (χ1v) is 7.67. The molecule has 5 nitrogen and oxygen atoms in total. The molecule has 1 aliphatic heterocycles. The van der Waals surface area contributed by atoms with E-state index in [2.05, 4.69) is 39.5 Å². The average molecular weight is 284 g/mol. The van der Waals surface area contributed by atoms with Crippen molar-refractivity contribution in [1.29, 1.82) is 0 Å². The molecule has 1 atom stereocenters. The Hall–Kier alpha value is -1.88. The first kappa shape index (κ1) is 12.8. The van der Waals surface area contributed by atoms with Crippen LogP contribution in [0, 0.1) is 6.92 Å². The standard InChI is InChI=1S/C16H20N4O/c1-11-2-3-12(16-19-17-10-21-16)8-15(11)18-13-6-7-20(9-13)14-4-5-14/h2-3,8,10,13-14,18H,4-7,9H2,1H3. The zero-order chi connectivity index (χ0) is 14.2. The van der Waals surface area contributed by atoms with Gasteiger partial charge in [0.25, 0.3) is 0 Å². The maximum atomic E-state index is 5.28. The molecule has 1 aliphatic carbocycles. The highest BCUT2D eigenvalue weighted by Gasteiger charge is 2.34. The van der Waals surface area contributed by atoms with Crippen LogP contribution in [0.5, 0.6) is 0 Å². The zero-order valence-electron chi connectivity index (χ0n) is 12.2. The van der Waals surface area contributed by atoms with Crippen LogP contribution >= 0.6 is 0 Å². The predicted molar refractivity (Wildman–Crippen MR) is 81.1 cm³/mol. The Bertz CT molecular complexity index is 621. The molecule has 2 aromatic rings. The molecule has 5 heteroatoms. The third-order valence-electron chi connectivity index (χ3n) is 4.49. The summed E-state index contributed by atoms with van der Waals surface area (Å²) in [6.07, 6.45) is 5.37. The molecule has 110 valence electrons. The highest BCUT2D eigenvalue weighted by atomic mass is 16.4. The molecule has 0 amide bonds. The molecule has 21 heavy (non-hydrogen) atoms. The van der Waals surface area contributed by atoms with Crippen LogP contribution in [-0.2, 0) is 0 Å². The van der Waals surface area contributed by atoms with Crippen molar-refractivity contribution < 1.29 is 4.42 Å². The van der Waals surface area contributed by atoms with Gasteiger partial charge < -0.3 is 9.73 Å². The number of aryl methyl sites for hydroxylation is 1. The van der Waals surface area contributed by atoms with Crippen LogP contribution in [0.2, 0.25) is 0 Å². The van der Waals surface area contributed by atoms with E-state index in [9.17, 15) is 0 Å². The number of benzene rings is 1. The molecule has 1 saturated heterocycles. The second kappa shape index (κ2) is 5.15. The largest absolute Gasteiger partial charge is 0.423 e. The summed E-state index contributed by atoms with van der Waals surface area (Å²) in [5.74, 6) is 0.573. The van der Waals surface area contributed by atoms with E-state index in [4.69, 9.17) is 4.42 Å². The molecule has 1 saturated carbocycles. The number of rotatable bonds is 4. The third-order valence-corrected chi connectivity index (χ3v) is 4.49. The normalized spacial score (nSPS) is 22.6. The summed E-state index contributed by atoms with van der Waals surface area (Å²) in [5.41, 5.74) is 3.40. The molecular formula is C16H20N4O. The van der Waals surface area contributed by atoms with Crippen molar-refractivity contribution in [1.82, 2.24) is 15.1 Å². The lowest BCUT2D eigenvalue weighted by molar-refractivity contribution is 0.326. The number of hydrogen-bond acceptors (Lipinski definition) is 5. The number of nitrogens with one attached hydrogen (secondary N) is 1. The molecule has 0 radical (unpaired) electrons. The van der Waals surface area contributed by atoms with Crippen LogP contribution < -0.4 is 5.32 Å². The fourth-order valence-corrected chi connectivity index (χ4v) is 3.11. The van der Waals surface area contributed by atoms with Crippen LogP contribution in [0.1, 0.15) is 24.8 Å². The molecule has 1 aromatic carbocycles. The molecule has 2 aliphatic rings. The summed E-state index contributed by atoms with van der Waals surface area (Å²) in [4.78, 5) is 2.62. The smallest absolute Gasteiger partial charge is 0.247 e. The van der Waals surface area contributed by atoms with Gasteiger partial charge >= 0.3 is 0 Å². The van der Waals surface area contributed by atoms with Gasteiger partial charge in [-0.15, -0.1) is 10.2 Å². The highest BCUT2D eigenvalue weighted by Crippen LogP contribution is 2.31. The van der Waals surface area contributed by atoms with Crippen molar-refractivity contribution in [3.8, 4) is 11.5 Å².